The Labute approximate surface area is 160 Å². The average molecular weight is 409 g/mol. The molecule has 9 heteroatoms. The van der Waals surface area contributed by atoms with Crippen molar-refractivity contribution < 1.29 is 31.5 Å². The zero-order valence-corrected chi connectivity index (χ0v) is 15.9. The minimum absolute atomic E-state index is 0.250. The normalized spacial score (nSPS) is 16.0. The average Bonchev–Trinajstić information content (AvgIpc) is 2.93. The molecule has 0 spiro atoms. The summed E-state index contributed by atoms with van der Waals surface area (Å²) < 4.78 is 56.3. The van der Waals surface area contributed by atoms with Gasteiger partial charge in [0.05, 0.1) is 17.5 Å². The van der Waals surface area contributed by atoms with E-state index < -0.39 is 40.0 Å². The number of hydrogen-bond acceptors (Lipinski definition) is 5. The number of Topliss-reactive ketones (excluding diaryl/α,β-unsaturated/α-hetero) is 1. The maximum Gasteiger partial charge on any atom is 0.338 e. The third-order valence-corrected chi connectivity index (χ3v) is 5.62. The smallest absolute Gasteiger partial charge is 0.338 e. The molecule has 0 bridgehead atoms. The topological polar surface area (TPSA) is 80.8 Å². The van der Waals surface area contributed by atoms with Gasteiger partial charge in [0.15, 0.2) is 12.4 Å². The van der Waals surface area contributed by atoms with Gasteiger partial charge in [-0.1, -0.05) is 0 Å². The van der Waals surface area contributed by atoms with E-state index in [2.05, 4.69) is 0 Å². The van der Waals surface area contributed by atoms with Gasteiger partial charge in [-0.15, -0.1) is 0 Å². The van der Waals surface area contributed by atoms with Crippen molar-refractivity contribution in [2.45, 2.75) is 19.4 Å². The molecule has 0 saturated carbocycles. The zero-order chi connectivity index (χ0) is 20.6. The Morgan fingerprint density at radius 1 is 1.11 bits per heavy atom. The second kappa shape index (κ2) is 7.31. The van der Waals surface area contributed by atoms with Crippen molar-refractivity contribution in [1.29, 1.82) is 0 Å². The van der Waals surface area contributed by atoms with Gasteiger partial charge >= 0.3 is 5.97 Å². The Balaban J connectivity index is 1.72. The van der Waals surface area contributed by atoms with Gasteiger partial charge < -0.3 is 4.74 Å². The lowest BCUT2D eigenvalue weighted by Gasteiger charge is -2.21. The van der Waals surface area contributed by atoms with E-state index in [4.69, 9.17) is 4.74 Å². The molecule has 1 aliphatic heterocycles. The van der Waals surface area contributed by atoms with Crippen molar-refractivity contribution in [3.8, 4) is 0 Å². The van der Waals surface area contributed by atoms with Gasteiger partial charge in [0.25, 0.3) is 0 Å². The number of anilines is 1. The molecule has 0 aromatic heterocycles. The number of fused-ring (bicyclic) bond motifs is 1. The molecule has 0 N–H and O–H groups in total. The van der Waals surface area contributed by atoms with Crippen LogP contribution in [0.3, 0.4) is 0 Å². The first-order valence-corrected chi connectivity index (χ1v) is 10.2. The predicted molar refractivity (Wildman–Crippen MR) is 97.9 cm³/mol. The highest BCUT2D eigenvalue weighted by Gasteiger charge is 2.32. The fraction of sp³-hybridized carbons (Fsp3) is 0.263. The van der Waals surface area contributed by atoms with Crippen LogP contribution in [0.2, 0.25) is 0 Å². The number of rotatable bonds is 5. The fourth-order valence-electron chi connectivity index (χ4n) is 3.25. The van der Waals surface area contributed by atoms with E-state index in [1.165, 1.54) is 16.4 Å². The van der Waals surface area contributed by atoms with E-state index >= 15 is 0 Å². The lowest BCUT2D eigenvalue weighted by atomic mass is 10.0. The Morgan fingerprint density at radius 3 is 2.36 bits per heavy atom. The summed E-state index contributed by atoms with van der Waals surface area (Å²) in [4.78, 5) is 24.2. The second-order valence-electron chi connectivity index (χ2n) is 6.61. The van der Waals surface area contributed by atoms with Gasteiger partial charge in [0, 0.05) is 17.7 Å². The Bertz CT molecular complexity index is 1050. The number of ether oxygens (including phenoxy) is 1. The maximum absolute atomic E-state index is 13.2. The number of benzene rings is 2. The first kappa shape index (κ1) is 19.9. The monoisotopic (exact) mass is 409 g/mol. The molecular formula is C19H17F2NO5S. The van der Waals surface area contributed by atoms with Crippen molar-refractivity contribution in [3.05, 3.63) is 64.7 Å². The number of carbonyl (C=O) groups excluding carboxylic acids is 2. The van der Waals surface area contributed by atoms with Crippen LogP contribution in [0.4, 0.5) is 14.5 Å². The molecule has 0 saturated heterocycles. The van der Waals surface area contributed by atoms with Crippen molar-refractivity contribution in [3.63, 3.8) is 0 Å². The van der Waals surface area contributed by atoms with E-state index in [1.54, 1.807) is 13.0 Å². The van der Waals surface area contributed by atoms with E-state index in [0.717, 1.165) is 18.4 Å². The fourth-order valence-corrected chi connectivity index (χ4v) is 4.51. The van der Waals surface area contributed by atoms with E-state index in [-0.39, 0.29) is 17.2 Å². The van der Waals surface area contributed by atoms with Gasteiger partial charge in [-0.25, -0.2) is 22.0 Å². The van der Waals surface area contributed by atoms with Crippen molar-refractivity contribution in [2.24, 2.45) is 0 Å². The van der Waals surface area contributed by atoms with Crippen LogP contribution in [0, 0.1) is 11.6 Å². The third kappa shape index (κ3) is 4.04. The number of halogens is 2. The number of ketones is 1. The summed E-state index contributed by atoms with van der Waals surface area (Å²) in [6.07, 6.45) is 1.57. The van der Waals surface area contributed by atoms with Crippen LogP contribution in [0.25, 0.3) is 0 Å². The van der Waals surface area contributed by atoms with E-state index in [0.29, 0.717) is 23.7 Å². The van der Waals surface area contributed by atoms with Gasteiger partial charge in [-0.3, -0.25) is 9.10 Å². The molecule has 0 fully saturated rings. The number of hydrogen-bond donors (Lipinski definition) is 0. The van der Waals surface area contributed by atoms with Crippen LogP contribution in [0.5, 0.6) is 0 Å². The van der Waals surface area contributed by atoms with Crippen LogP contribution in [0.1, 0.15) is 33.2 Å². The molecule has 1 aliphatic rings. The second-order valence-corrected chi connectivity index (χ2v) is 8.47. The summed E-state index contributed by atoms with van der Waals surface area (Å²) in [6.45, 7) is 1.16. The molecule has 6 nitrogen and oxygen atoms in total. The third-order valence-electron chi connectivity index (χ3n) is 4.34. The standard InChI is InChI=1S/C19H17F2NO5S/c1-11-5-13-6-12(3-4-17(13)22(11)28(2,25)26)18(23)10-27-19(24)14-7-15(20)9-16(21)8-14/h3-4,6-9,11H,5,10H2,1-2H3/t11-/m0/s1. The van der Waals surface area contributed by atoms with Crippen LogP contribution in [-0.2, 0) is 21.2 Å². The highest BCUT2D eigenvalue weighted by atomic mass is 32.2. The summed E-state index contributed by atoms with van der Waals surface area (Å²) in [5, 5.41) is 0. The number of nitrogens with zero attached hydrogens (tertiary/aromatic N) is 1. The first-order valence-electron chi connectivity index (χ1n) is 8.35. The minimum atomic E-state index is -3.44. The van der Waals surface area contributed by atoms with Crippen molar-refractivity contribution in [2.75, 3.05) is 17.2 Å². The zero-order valence-electron chi connectivity index (χ0n) is 15.1. The predicted octanol–water partition coefficient (Wildman–Crippen LogP) is 2.72. The summed E-state index contributed by atoms with van der Waals surface area (Å²) in [5.41, 5.74) is 1.12. The Morgan fingerprint density at radius 2 is 1.75 bits per heavy atom. The lowest BCUT2D eigenvalue weighted by Crippen LogP contribution is -2.34. The van der Waals surface area contributed by atoms with Gasteiger partial charge in [0.1, 0.15) is 11.6 Å². The maximum atomic E-state index is 13.2. The van der Waals surface area contributed by atoms with Gasteiger partial charge in [-0.2, -0.15) is 0 Å². The Hall–Kier alpha value is -2.81. The quantitative estimate of drug-likeness (QED) is 0.560. The first-order chi connectivity index (χ1) is 13.1. The van der Waals surface area contributed by atoms with Crippen LogP contribution in [0.15, 0.2) is 36.4 Å². The minimum Gasteiger partial charge on any atom is -0.454 e. The molecule has 2 aromatic rings. The highest BCUT2D eigenvalue weighted by Crippen LogP contribution is 2.34. The lowest BCUT2D eigenvalue weighted by molar-refractivity contribution is 0.0474. The largest absolute Gasteiger partial charge is 0.454 e. The summed E-state index contributed by atoms with van der Waals surface area (Å²) in [6, 6.07) is 6.53. The number of esters is 1. The Kier molecular flexibility index (Phi) is 5.20. The molecule has 0 amide bonds. The molecule has 0 aliphatic carbocycles. The summed E-state index contributed by atoms with van der Waals surface area (Å²) in [7, 11) is -3.44. The van der Waals surface area contributed by atoms with Crippen LogP contribution >= 0.6 is 0 Å². The van der Waals surface area contributed by atoms with Crippen molar-refractivity contribution >= 4 is 27.5 Å². The summed E-state index contributed by atoms with van der Waals surface area (Å²) >= 11 is 0. The summed E-state index contributed by atoms with van der Waals surface area (Å²) in [5.74, 6) is -3.40. The molecule has 1 atom stereocenters. The van der Waals surface area contributed by atoms with Crippen LogP contribution < -0.4 is 4.31 Å². The molecule has 3 rings (SSSR count). The SMILES string of the molecule is C[C@H]1Cc2cc(C(=O)COC(=O)c3cc(F)cc(F)c3)ccc2N1S(C)(=O)=O. The molecular weight excluding hydrogens is 392 g/mol. The van der Waals surface area contributed by atoms with Gasteiger partial charge in [0.2, 0.25) is 10.0 Å². The molecule has 2 aromatic carbocycles. The number of carbonyl (C=O) groups is 2. The highest BCUT2D eigenvalue weighted by molar-refractivity contribution is 7.92. The molecule has 0 radical (unpaired) electrons. The van der Waals surface area contributed by atoms with Crippen LogP contribution in [-0.4, -0.2) is 39.1 Å². The van der Waals surface area contributed by atoms with E-state index in [1.807, 2.05) is 0 Å². The van der Waals surface area contributed by atoms with Crippen molar-refractivity contribution in [1.82, 2.24) is 0 Å². The number of sulfonamides is 1. The van der Waals surface area contributed by atoms with Gasteiger partial charge in [-0.05, 0) is 49.2 Å². The van der Waals surface area contributed by atoms with E-state index in [9.17, 15) is 26.8 Å². The molecule has 0 unspecified atom stereocenters. The molecule has 148 valence electrons. The molecule has 1 heterocycles. The molecule has 28 heavy (non-hydrogen) atoms.